The molecule has 2 aliphatic rings. The van der Waals surface area contributed by atoms with E-state index in [1.165, 1.54) is 12.1 Å². The summed E-state index contributed by atoms with van der Waals surface area (Å²) in [5.74, 6) is 2.39. The highest BCUT2D eigenvalue weighted by molar-refractivity contribution is 5.79. The minimum atomic E-state index is -2.87. The number of ether oxygens (including phenoxy) is 1. The normalized spacial score (nSPS) is 17.6. The highest BCUT2D eigenvalue weighted by Crippen LogP contribution is 2.28. The lowest BCUT2D eigenvalue weighted by molar-refractivity contribution is -0.131. The molecule has 0 aliphatic carbocycles. The van der Waals surface area contributed by atoms with E-state index in [0.29, 0.717) is 24.6 Å². The molecule has 2 aliphatic heterocycles. The summed E-state index contributed by atoms with van der Waals surface area (Å²) in [5.41, 5.74) is 0.671. The molecular weight excluding hydrogens is 368 g/mol. The maximum Gasteiger partial charge on any atom is 0.387 e. The first-order chi connectivity index (χ1) is 13.6. The van der Waals surface area contributed by atoms with Gasteiger partial charge < -0.3 is 19.5 Å². The van der Waals surface area contributed by atoms with Gasteiger partial charge in [0.25, 0.3) is 0 Å². The molecule has 0 bridgehead atoms. The first-order valence-corrected chi connectivity index (χ1v) is 9.54. The van der Waals surface area contributed by atoms with Gasteiger partial charge in [-0.15, -0.1) is 10.2 Å². The predicted octanol–water partition coefficient (Wildman–Crippen LogP) is 1.93. The van der Waals surface area contributed by atoms with Gasteiger partial charge in [0.2, 0.25) is 5.91 Å². The number of hydrogen-bond donors (Lipinski definition) is 1. The molecule has 1 aromatic carbocycles. The number of nitrogens with one attached hydrogen (secondary N) is 1. The van der Waals surface area contributed by atoms with Crippen molar-refractivity contribution >= 4 is 5.91 Å². The van der Waals surface area contributed by atoms with Gasteiger partial charge in [0.15, 0.2) is 0 Å². The van der Waals surface area contributed by atoms with Crippen molar-refractivity contribution in [2.75, 3.05) is 19.6 Å². The fraction of sp³-hybridized carbons (Fsp3) is 0.526. The molecule has 1 amide bonds. The number of fused-ring (bicyclic) bond motifs is 1. The van der Waals surface area contributed by atoms with Crippen LogP contribution in [0.4, 0.5) is 8.78 Å². The number of benzene rings is 1. The van der Waals surface area contributed by atoms with E-state index in [4.69, 9.17) is 0 Å². The molecule has 3 heterocycles. The first-order valence-electron chi connectivity index (χ1n) is 9.54. The SMILES string of the molecule is O=C(Cc1cccc(OC(F)F)c1)N1CCC(c2nnc3n2CCNC3)CC1. The number of carbonyl (C=O) groups excluding carboxylic acids is 1. The van der Waals surface area contributed by atoms with Gasteiger partial charge in [-0.1, -0.05) is 12.1 Å². The van der Waals surface area contributed by atoms with Crippen molar-refractivity contribution in [3.8, 4) is 5.75 Å². The van der Waals surface area contributed by atoms with Gasteiger partial charge in [0.1, 0.15) is 17.4 Å². The second-order valence-electron chi connectivity index (χ2n) is 7.16. The Balaban J connectivity index is 1.34. The number of hydrogen-bond acceptors (Lipinski definition) is 5. The van der Waals surface area contributed by atoms with Crippen molar-refractivity contribution in [3.63, 3.8) is 0 Å². The summed E-state index contributed by atoms with van der Waals surface area (Å²) < 4.78 is 31.3. The van der Waals surface area contributed by atoms with E-state index in [1.807, 2.05) is 4.90 Å². The minimum absolute atomic E-state index is 0.000110. The number of carbonyl (C=O) groups is 1. The Hall–Kier alpha value is -2.55. The fourth-order valence-corrected chi connectivity index (χ4v) is 3.92. The molecule has 0 spiro atoms. The van der Waals surface area contributed by atoms with Crippen molar-refractivity contribution in [1.29, 1.82) is 0 Å². The van der Waals surface area contributed by atoms with Crippen LogP contribution in [0.25, 0.3) is 0 Å². The Morgan fingerprint density at radius 1 is 1.25 bits per heavy atom. The predicted molar refractivity (Wildman–Crippen MR) is 97.1 cm³/mol. The minimum Gasteiger partial charge on any atom is -0.435 e. The summed E-state index contributed by atoms with van der Waals surface area (Å²) in [5, 5.41) is 12.0. The van der Waals surface area contributed by atoms with Crippen molar-refractivity contribution < 1.29 is 18.3 Å². The van der Waals surface area contributed by atoms with Crippen LogP contribution in [0.3, 0.4) is 0 Å². The van der Waals surface area contributed by atoms with Crippen LogP contribution in [-0.2, 0) is 24.3 Å². The van der Waals surface area contributed by atoms with Gasteiger partial charge in [-0.3, -0.25) is 4.79 Å². The number of halogens is 2. The lowest BCUT2D eigenvalue weighted by Gasteiger charge is -2.32. The molecule has 4 rings (SSSR count). The third-order valence-corrected chi connectivity index (χ3v) is 5.34. The molecular formula is C19H23F2N5O2. The summed E-state index contributed by atoms with van der Waals surface area (Å²) in [6.07, 6.45) is 1.88. The van der Waals surface area contributed by atoms with E-state index in [9.17, 15) is 13.6 Å². The second kappa shape index (κ2) is 8.22. The first kappa shape index (κ1) is 18.8. The van der Waals surface area contributed by atoms with Gasteiger partial charge in [0, 0.05) is 32.1 Å². The molecule has 1 aromatic heterocycles. The number of aromatic nitrogens is 3. The fourth-order valence-electron chi connectivity index (χ4n) is 3.92. The zero-order chi connectivity index (χ0) is 19.5. The zero-order valence-corrected chi connectivity index (χ0v) is 15.5. The molecule has 0 saturated carbocycles. The smallest absolute Gasteiger partial charge is 0.387 e. The van der Waals surface area contributed by atoms with Crippen LogP contribution in [0.15, 0.2) is 24.3 Å². The van der Waals surface area contributed by atoms with Gasteiger partial charge in [-0.25, -0.2) is 0 Å². The van der Waals surface area contributed by atoms with Crippen LogP contribution < -0.4 is 10.1 Å². The molecule has 1 saturated heterocycles. The summed E-state index contributed by atoms with van der Waals surface area (Å²) in [4.78, 5) is 14.5. The number of rotatable bonds is 5. The molecule has 1 N–H and O–H groups in total. The van der Waals surface area contributed by atoms with Crippen LogP contribution in [-0.4, -0.2) is 51.8 Å². The maximum atomic E-state index is 12.6. The number of alkyl halides is 2. The molecule has 7 nitrogen and oxygen atoms in total. The van der Waals surface area contributed by atoms with E-state index >= 15 is 0 Å². The lowest BCUT2D eigenvalue weighted by atomic mass is 9.95. The van der Waals surface area contributed by atoms with E-state index in [-0.39, 0.29) is 18.1 Å². The molecule has 1 fully saturated rings. The largest absolute Gasteiger partial charge is 0.435 e. The summed E-state index contributed by atoms with van der Waals surface area (Å²) in [7, 11) is 0. The van der Waals surface area contributed by atoms with Gasteiger partial charge in [-0.2, -0.15) is 8.78 Å². The Labute approximate surface area is 161 Å². The molecule has 0 radical (unpaired) electrons. The van der Waals surface area contributed by atoms with Crippen molar-refractivity contribution in [2.24, 2.45) is 0 Å². The van der Waals surface area contributed by atoms with Crippen molar-refractivity contribution in [3.05, 3.63) is 41.5 Å². The third kappa shape index (κ3) is 4.14. The van der Waals surface area contributed by atoms with Crippen LogP contribution in [0.2, 0.25) is 0 Å². The second-order valence-corrected chi connectivity index (χ2v) is 7.16. The van der Waals surface area contributed by atoms with E-state index < -0.39 is 6.61 Å². The number of likely N-dealkylation sites (tertiary alicyclic amines) is 1. The number of piperidine rings is 1. The Morgan fingerprint density at radius 3 is 2.86 bits per heavy atom. The Bertz CT molecular complexity index is 833. The maximum absolute atomic E-state index is 12.6. The summed E-state index contributed by atoms with van der Waals surface area (Å²) in [6, 6.07) is 6.32. The van der Waals surface area contributed by atoms with Crippen molar-refractivity contribution in [1.82, 2.24) is 25.0 Å². The molecule has 150 valence electrons. The summed E-state index contributed by atoms with van der Waals surface area (Å²) >= 11 is 0. The number of nitrogens with zero attached hydrogens (tertiary/aromatic N) is 4. The van der Waals surface area contributed by atoms with E-state index in [0.717, 1.165) is 44.1 Å². The lowest BCUT2D eigenvalue weighted by Crippen LogP contribution is -2.39. The van der Waals surface area contributed by atoms with E-state index in [2.05, 4.69) is 24.8 Å². The quantitative estimate of drug-likeness (QED) is 0.843. The van der Waals surface area contributed by atoms with Gasteiger partial charge >= 0.3 is 6.61 Å². The summed E-state index contributed by atoms with van der Waals surface area (Å²) in [6.45, 7) is 1.01. The Morgan fingerprint density at radius 2 is 2.07 bits per heavy atom. The molecule has 2 aromatic rings. The molecule has 28 heavy (non-hydrogen) atoms. The number of amides is 1. The highest BCUT2D eigenvalue weighted by atomic mass is 19.3. The zero-order valence-electron chi connectivity index (χ0n) is 15.5. The Kier molecular flexibility index (Phi) is 5.52. The van der Waals surface area contributed by atoms with Crippen LogP contribution in [0.5, 0.6) is 5.75 Å². The average molecular weight is 391 g/mol. The highest BCUT2D eigenvalue weighted by Gasteiger charge is 2.28. The van der Waals surface area contributed by atoms with E-state index in [1.54, 1.807) is 12.1 Å². The van der Waals surface area contributed by atoms with Crippen LogP contribution >= 0.6 is 0 Å². The molecule has 0 unspecified atom stereocenters. The standard InChI is InChI=1S/C19H23F2N5O2/c20-19(21)28-15-3-1-2-13(10-15)11-17(27)25-7-4-14(5-8-25)18-24-23-16-12-22-6-9-26(16)18/h1-3,10,14,19,22H,4-9,11-12H2. The molecule has 0 atom stereocenters. The third-order valence-electron chi connectivity index (χ3n) is 5.34. The van der Waals surface area contributed by atoms with Crippen molar-refractivity contribution in [2.45, 2.75) is 44.9 Å². The van der Waals surface area contributed by atoms with Crippen LogP contribution in [0.1, 0.15) is 36.0 Å². The average Bonchev–Trinajstić information content (AvgIpc) is 3.12. The van der Waals surface area contributed by atoms with Gasteiger partial charge in [-0.05, 0) is 30.5 Å². The monoisotopic (exact) mass is 391 g/mol. The van der Waals surface area contributed by atoms with Crippen LogP contribution in [0, 0.1) is 0 Å². The molecule has 9 heteroatoms. The van der Waals surface area contributed by atoms with Gasteiger partial charge in [0.05, 0.1) is 13.0 Å². The topological polar surface area (TPSA) is 72.3 Å².